The largest absolute Gasteiger partial charge is 0.379 e. The molecule has 2 aliphatic heterocycles. The number of hydrogen-bond donors (Lipinski definition) is 1. The van der Waals surface area contributed by atoms with E-state index in [0.29, 0.717) is 6.04 Å². The maximum absolute atomic E-state index is 5.37. The van der Waals surface area contributed by atoms with Crippen LogP contribution in [0.3, 0.4) is 0 Å². The predicted molar refractivity (Wildman–Crippen MR) is 69.8 cm³/mol. The van der Waals surface area contributed by atoms with Crippen LogP contribution in [0.25, 0.3) is 0 Å². The van der Waals surface area contributed by atoms with Gasteiger partial charge in [0.15, 0.2) is 0 Å². The second-order valence-corrected chi connectivity index (χ2v) is 5.29. The maximum atomic E-state index is 5.37. The van der Waals surface area contributed by atoms with Gasteiger partial charge in [-0.1, -0.05) is 6.92 Å². The summed E-state index contributed by atoms with van der Waals surface area (Å²) >= 11 is 0. The molecule has 1 unspecified atom stereocenters. The minimum Gasteiger partial charge on any atom is -0.379 e. The van der Waals surface area contributed by atoms with E-state index >= 15 is 0 Å². The number of piperidine rings is 1. The number of nitrogens with zero attached hydrogens (tertiary/aromatic N) is 2. The third-order valence-corrected chi connectivity index (χ3v) is 4.18. The molecule has 2 saturated heterocycles. The Balaban J connectivity index is 1.70. The molecule has 17 heavy (non-hydrogen) atoms. The van der Waals surface area contributed by atoms with Gasteiger partial charge in [-0.3, -0.25) is 5.43 Å². The van der Waals surface area contributed by atoms with Crippen molar-refractivity contribution in [2.45, 2.75) is 32.7 Å². The Morgan fingerprint density at radius 2 is 1.82 bits per heavy atom. The average Bonchev–Trinajstić information content (AvgIpc) is 2.40. The summed E-state index contributed by atoms with van der Waals surface area (Å²) in [5, 5.41) is 2.33. The SMILES string of the molecule is CCN1CCC(C(C)NN2CCOCC2)CC1. The van der Waals surface area contributed by atoms with Gasteiger partial charge in [0.05, 0.1) is 13.2 Å². The van der Waals surface area contributed by atoms with Crippen LogP contribution in [0.2, 0.25) is 0 Å². The van der Waals surface area contributed by atoms with Gasteiger partial charge in [-0.2, -0.15) is 0 Å². The van der Waals surface area contributed by atoms with Crippen LogP contribution in [0.5, 0.6) is 0 Å². The normalized spacial score (nSPS) is 27.2. The van der Waals surface area contributed by atoms with Crippen LogP contribution in [0.4, 0.5) is 0 Å². The highest BCUT2D eigenvalue weighted by Gasteiger charge is 2.24. The van der Waals surface area contributed by atoms with Crippen LogP contribution in [0.15, 0.2) is 0 Å². The predicted octanol–water partition coefficient (Wildman–Crippen LogP) is 0.944. The fourth-order valence-electron chi connectivity index (χ4n) is 2.86. The Bertz CT molecular complexity index is 211. The Morgan fingerprint density at radius 3 is 2.41 bits per heavy atom. The maximum Gasteiger partial charge on any atom is 0.0608 e. The highest BCUT2D eigenvalue weighted by atomic mass is 16.5. The molecule has 1 atom stereocenters. The molecule has 2 heterocycles. The molecule has 100 valence electrons. The first-order valence-electron chi connectivity index (χ1n) is 7.11. The zero-order valence-corrected chi connectivity index (χ0v) is 11.3. The molecule has 0 radical (unpaired) electrons. The van der Waals surface area contributed by atoms with Gasteiger partial charge in [0.1, 0.15) is 0 Å². The third kappa shape index (κ3) is 3.91. The summed E-state index contributed by atoms with van der Waals surface area (Å²) in [7, 11) is 0. The van der Waals surface area contributed by atoms with Crippen molar-refractivity contribution in [3.63, 3.8) is 0 Å². The molecule has 0 saturated carbocycles. The van der Waals surface area contributed by atoms with Crippen molar-refractivity contribution in [1.82, 2.24) is 15.3 Å². The molecule has 4 heteroatoms. The second-order valence-electron chi connectivity index (χ2n) is 5.29. The second kappa shape index (κ2) is 6.69. The average molecular weight is 241 g/mol. The molecule has 0 aliphatic carbocycles. The summed E-state index contributed by atoms with van der Waals surface area (Å²) in [5.74, 6) is 0.834. The molecule has 4 nitrogen and oxygen atoms in total. The van der Waals surface area contributed by atoms with Crippen LogP contribution in [0.1, 0.15) is 26.7 Å². The van der Waals surface area contributed by atoms with Crippen molar-refractivity contribution in [2.75, 3.05) is 45.9 Å². The van der Waals surface area contributed by atoms with Crippen LogP contribution in [-0.2, 0) is 4.74 Å². The number of ether oxygens (including phenoxy) is 1. The molecule has 0 spiro atoms. The zero-order valence-electron chi connectivity index (χ0n) is 11.3. The smallest absolute Gasteiger partial charge is 0.0608 e. The van der Waals surface area contributed by atoms with E-state index in [0.717, 1.165) is 32.2 Å². The topological polar surface area (TPSA) is 27.7 Å². The van der Waals surface area contributed by atoms with Crippen molar-refractivity contribution in [3.8, 4) is 0 Å². The number of hydrazine groups is 1. The van der Waals surface area contributed by atoms with E-state index in [2.05, 4.69) is 29.2 Å². The van der Waals surface area contributed by atoms with Gasteiger partial charge in [0.25, 0.3) is 0 Å². The minimum atomic E-state index is 0.604. The van der Waals surface area contributed by atoms with Crippen LogP contribution in [0, 0.1) is 5.92 Å². The highest BCUT2D eigenvalue weighted by Crippen LogP contribution is 2.20. The third-order valence-electron chi connectivity index (χ3n) is 4.18. The first-order valence-corrected chi connectivity index (χ1v) is 7.11. The lowest BCUT2D eigenvalue weighted by molar-refractivity contribution is -0.00368. The Kier molecular flexibility index (Phi) is 5.22. The fourth-order valence-corrected chi connectivity index (χ4v) is 2.86. The van der Waals surface area contributed by atoms with Gasteiger partial charge in [-0.15, -0.1) is 0 Å². The Hall–Kier alpha value is -0.160. The van der Waals surface area contributed by atoms with Crippen molar-refractivity contribution < 1.29 is 4.74 Å². The lowest BCUT2D eigenvalue weighted by Gasteiger charge is -2.37. The van der Waals surface area contributed by atoms with E-state index in [1.807, 2.05) is 0 Å². The molecule has 0 aromatic carbocycles. The number of nitrogens with one attached hydrogen (secondary N) is 1. The van der Waals surface area contributed by atoms with Crippen molar-refractivity contribution in [3.05, 3.63) is 0 Å². The van der Waals surface area contributed by atoms with Gasteiger partial charge in [-0.25, -0.2) is 5.01 Å². The molecule has 0 aromatic rings. The molecule has 2 aliphatic rings. The van der Waals surface area contributed by atoms with Crippen molar-refractivity contribution in [2.24, 2.45) is 5.92 Å². The number of morpholine rings is 1. The summed E-state index contributed by atoms with van der Waals surface area (Å²) in [6, 6.07) is 0.604. The van der Waals surface area contributed by atoms with E-state index in [-0.39, 0.29) is 0 Å². The fraction of sp³-hybridized carbons (Fsp3) is 1.00. The lowest BCUT2D eigenvalue weighted by atomic mass is 9.91. The van der Waals surface area contributed by atoms with E-state index in [1.54, 1.807) is 0 Å². The summed E-state index contributed by atoms with van der Waals surface area (Å²) in [5.41, 5.74) is 3.66. The van der Waals surface area contributed by atoms with Gasteiger partial charge >= 0.3 is 0 Å². The van der Waals surface area contributed by atoms with Crippen LogP contribution >= 0.6 is 0 Å². The molecular formula is C13H27N3O. The molecule has 1 N–H and O–H groups in total. The summed E-state index contributed by atoms with van der Waals surface area (Å²) < 4.78 is 5.37. The van der Waals surface area contributed by atoms with Gasteiger partial charge < -0.3 is 9.64 Å². The number of rotatable bonds is 4. The first-order chi connectivity index (χ1) is 8.29. The molecular weight excluding hydrogens is 214 g/mol. The summed E-state index contributed by atoms with van der Waals surface area (Å²) in [6.07, 6.45) is 2.68. The lowest BCUT2D eigenvalue weighted by Crippen LogP contribution is -2.52. The van der Waals surface area contributed by atoms with Gasteiger partial charge in [0, 0.05) is 19.1 Å². The summed E-state index contributed by atoms with van der Waals surface area (Å²) in [4.78, 5) is 2.55. The molecule has 0 bridgehead atoms. The quantitative estimate of drug-likeness (QED) is 0.793. The Labute approximate surface area is 105 Å². The zero-order chi connectivity index (χ0) is 12.1. The standard InChI is InChI=1S/C13H27N3O/c1-3-15-6-4-13(5-7-15)12(2)14-16-8-10-17-11-9-16/h12-14H,3-11H2,1-2H3. The van der Waals surface area contributed by atoms with E-state index in [1.165, 1.54) is 32.5 Å². The first kappa shape index (κ1) is 13.3. The van der Waals surface area contributed by atoms with E-state index in [4.69, 9.17) is 4.74 Å². The summed E-state index contributed by atoms with van der Waals surface area (Å²) in [6.45, 7) is 12.1. The number of hydrogen-bond acceptors (Lipinski definition) is 4. The van der Waals surface area contributed by atoms with E-state index < -0.39 is 0 Å². The monoisotopic (exact) mass is 241 g/mol. The van der Waals surface area contributed by atoms with Gasteiger partial charge in [0.2, 0.25) is 0 Å². The molecule has 0 aromatic heterocycles. The van der Waals surface area contributed by atoms with Crippen LogP contribution in [-0.4, -0.2) is 61.9 Å². The molecule has 2 rings (SSSR count). The number of likely N-dealkylation sites (tertiary alicyclic amines) is 1. The highest BCUT2D eigenvalue weighted by molar-refractivity contribution is 4.79. The van der Waals surface area contributed by atoms with Crippen molar-refractivity contribution >= 4 is 0 Å². The van der Waals surface area contributed by atoms with Gasteiger partial charge in [-0.05, 0) is 45.3 Å². The van der Waals surface area contributed by atoms with E-state index in [9.17, 15) is 0 Å². The molecule has 0 amide bonds. The minimum absolute atomic E-state index is 0.604. The molecule has 2 fully saturated rings. The Morgan fingerprint density at radius 1 is 1.18 bits per heavy atom. The van der Waals surface area contributed by atoms with Crippen molar-refractivity contribution in [1.29, 1.82) is 0 Å². The van der Waals surface area contributed by atoms with Crippen LogP contribution < -0.4 is 5.43 Å².